The van der Waals surface area contributed by atoms with Gasteiger partial charge in [0.1, 0.15) is 35.4 Å². The van der Waals surface area contributed by atoms with Crippen LogP contribution in [0.5, 0.6) is 0 Å². The largest absolute Gasteiger partial charge is 0.451 e. The number of carbonyl (C=O) groups is 1. The molecule has 0 radical (unpaired) electrons. The highest BCUT2D eigenvalue weighted by atomic mass is 35.5. The number of fused-ring (bicyclic) bond motifs is 1. The van der Waals surface area contributed by atoms with Crippen LogP contribution in [0.1, 0.15) is 28.3 Å². The highest BCUT2D eigenvalue weighted by molar-refractivity contribution is 6.34. The molecule has 1 aliphatic rings. The van der Waals surface area contributed by atoms with E-state index < -0.39 is 42.4 Å². The molecule has 1 fully saturated rings. The van der Waals surface area contributed by atoms with E-state index in [0.29, 0.717) is 11.1 Å². The van der Waals surface area contributed by atoms with Gasteiger partial charge in [0.15, 0.2) is 18.1 Å². The van der Waals surface area contributed by atoms with Crippen molar-refractivity contribution >= 4 is 28.6 Å². The Morgan fingerprint density at radius 2 is 1.57 bits per heavy atom. The first-order valence-electron chi connectivity index (χ1n) is 12.5. The standard InChI is InChI=1S/C30H23ClFN3O5/c31-27-22-21(32)15-35(28(22)34-16-33-27)29-24(37)23(36)26(39-29)25(19-9-5-2-6-10-19)40-30(38)20-13-11-18(12-14-20)17-7-3-1-4-8-17/h1-16,23-26,29,36-37H/t23-,24+,25+,26-,29+/m0/s1. The predicted molar refractivity (Wildman–Crippen MR) is 145 cm³/mol. The molecule has 3 aromatic carbocycles. The number of hydrogen-bond donors (Lipinski definition) is 2. The maximum absolute atomic E-state index is 14.7. The fourth-order valence-corrected chi connectivity index (χ4v) is 5.16. The van der Waals surface area contributed by atoms with Gasteiger partial charge in [0.05, 0.1) is 10.9 Å². The summed E-state index contributed by atoms with van der Waals surface area (Å²) in [6.07, 6.45) is -4.27. The van der Waals surface area contributed by atoms with Gasteiger partial charge in [-0.25, -0.2) is 19.2 Å². The second kappa shape index (κ2) is 10.8. The Hall–Kier alpha value is -4.15. The molecule has 0 spiro atoms. The summed E-state index contributed by atoms with van der Waals surface area (Å²) in [6, 6.07) is 25.5. The highest BCUT2D eigenvalue weighted by Crippen LogP contribution is 2.40. The van der Waals surface area contributed by atoms with Crippen LogP contribution < -0.4 is 0 Å². The molecule has 40 heavy (non-hydrogen) atoms. The Morgan fingerprint density at radius 1 is 0.925 bits per heavy atom. The van der Waals surface area contributed by atoms with Crippen molar-refractivity contribution in [3.8, 4) is 11.1 Å². The molecule has 8 nitrogen and oxygen atoms in total. The minimum atomic E-state index is -1.50. The van der Waals surface area contributed by atoms with Crippen LogP contribution in [0.3, 0.4) is 0 Å². The Bertz CT molecular complexity index is 1650. The molecule has 0 saturated carbocycles. The first kappa shape index (κ1) is 26.1. The van der Waals surface area contributed by atoms with E-state index in [1.165, 1.54) is 4.57 Å². The Balaban J connectivity index is 1.30. The van der Waals surface area contributed by atoms with Gasteiger partial charge in [0.2, 0.25) is 0 Å². The molecule has 2 N–H and O–H groups in total. The van der Waals surface area contributed by atoms with E-state index in [9.17, 15) is 19.4 Å². The lowest BCUT2D eigenvalue weighted by Crippen LogP contribution is -2.36. The Kier molecular flexibility index (Phi) is 7.03. The normalized spacial score (nSPS) is 21.4. The Morgan fingerprint density at radius 3 is 2.27 bits per heavy atom. The maximum atomic E-state index is 14.7. The molecular formula is C30H23ClFN3O5. The Labute approximate surface area is 233 Å². The molecule has 0 amide bonds. The molecular weight excluding hydrogens is 537 g/mol. The number of carbonyl (C=O) groups excluding carboxylic acids is 1. The second-order valence-corrected chi connectivity index (χ2v) is 9.76. The van der Waals surface area contributed by atoms with Gasteiger partial charge in [-0.15, -0.1) is 0 Å². The van der Waals surface area contributed by atoms with Crippen molar-refractivity contribution in [2.24, 2.45) is 0 Å². The number of aliphatic hydroxyl groups excluding tert-OH is 2. The fourth-order valence-electron chi connectivity index (χ4n) is 4.94. The summed E-state index contributed by atoms with van der Waals surface area (Å²) in [7, 11) is 0. The van der Waals surface area contributed by atoms with Crippen molar-refractivity contribution in [3.05, 3.63) is 120 Å². The summed E-state index contributed by atoms with van der Waals surface area (Å²) in [5.41, 5.74) is 2.87. The summed E-state index contributed by atoms with van der Waals surface area (Å²) in [5, 5.41) is 21.9. The first-order valence-corrected chi connectivity index (χ1v) is 12.9. The highest BCUT2D eigenvalue weighted by Gasteiger charge is 2.49. The lowest BCUT2D eigenvalue weighted by molar-refractivity contribution is -0.0917. The maximum Gasteiger partial charge on any atom is 0.338 e. The van der Waals surface area contributed by atoms with Gasteiger partial charge in [-0.05, 0) is 28.8 Å². The zero-order chi connectivity index (χ0) is 27.8. The van der Waals surface area contributed by atoms with Crippen LogP contribution >= 0.6 is 11.6 Å². The fraction of sp³-hybridized carbons (Fsp3) is 0.167. The van der Waals surface area contributed by atoms with Gasteiger partial charge in [0, 0.05) is 6.20 Å². The van der Waals surface area contributed by atoms with E-state index in [1.807, 2.05) is 42.5 Å². The molecule has 2 aromatic heterocycles. The van der Waals surface area contributed by atoms with Crippen molar-refractivity contribution < 1.29 is 28.9 Å². The van der Waals surface area contributed by atoms with Crippen molar-refractivity contribution in [2.45, 2.75) is 30.6 Å². The number of nitrogens with zero attached hydrogens (tertiary/aromatic N) is 3. The zero-order valence-electron chi connectivity index (χ0n) is 20.8. The van der Waals surface area contributed by atoms with Crippen LogP contribution in [0.2, 0.25) is 5.15 Å². The van der Waals surface area contributed by atoms with Gasteiger partial charge in [-0.2, -0.15) is 0 Å². The van der Waals surface area contributed by atoms with E-state index in [-0.39, 0.29) is 16.2 Å². The van der Waals surface area contributed by atoms with Crippen molar-refractivity contribution in [2.75, 3.05) is 0 Å². The van der Waals surface area contributed by atoms with Crippen LogP contribution in [-0.4, -0.2) is 49.0 Å². The molecule has 0 bridgehead atoms. The summed E-state index contributed by atoms with van der Waals surface area (Å²) < 4.78 is 27.9. The first-order chi connectivity index (χ1) is 19.4. The van der Waals surface area contributed by atoms with E-state index in [1.54, 1.807) is 42.5 Å². The van der Waals surface area contributed by atoms with Crippen molar-refractivity contribution in [1.29, 1.82) is 0 Å². The SMILES string of the molecule is O=C(O[C@H](c1ccccc1)[C@H]1O[C@@H](n2cc(F)c3c(Cl)ncnc32)[C@H](O)[C@@H]1O)c1ccc(-c2ccccc2)cc1. The lowest BCUT2D eigenvalue weighted by Gasteiger charge is -2.26. The average molecular weight is 560 g/mol. The van der Waals surface area contributed by atoms with Gasteiger partial charge in [0.25, 0.3) is 0 Å². The van der Waals surface area contributed by atoms with Crippen molar-refractivity contribution in [3.63, 3.8) is 0 Å². The predicted octanol–water partition coefficient (Wildman–Crippen LogP) is 5.11. The second-order valence-electron chi connectivity index (χ2n) is 9.40. The summed E-state index contributed by atoms with van der Waals surface area (Å²) >= 11 is 6.05. The number of esters is 1. The number of rotatable bonds is 6. The summed E-state index contributed by atoms with van der Waals surface area (Å²) in [6.45, 7) is 0. The number of halogens is 2. The van der Waals surface area contributed by atoms with Gasteiger partial charge in [-0.1, -0.05) is 84.4 Å². The number of hydrogen-bond acceptors (Lipinski definition) is 7. The third-order valence-corrected chi connectivity index (χ3v) is 7.24. The average Bonchev–Trinajstić information content (AvgIpc) is 3.48. The molecule has 0 unspecified atom stereocenters. The third-order valence-electron chi connectivity index (χ3n) is 6.95. The zero-order valence-corrected chi connectivity index (χ0v) is 21.6. The number of aromatic nitrogens is 3. The molecule has 6 rings (SSSR count). The number of benzene rings is 3. The molecule has 3 heterocycles. The van der Waals surface area contributed by atoms with Gasteiger partial charge < -0.3 is 24.3 Å². The van der Waals surface area contributed by atoms with E-state index in [4.69, 9.17) is 21.1 Å². The van der Waals surface area contributed by atoms with Crippen LogP contribution in [0.25, 0.3) is 22.2 Å². The minimum absolute atomic E-state index is 0.0390. The molecule has 1 aliphatic heterocycles. The van der Waals surface area contributed by atoms with Crippen LogP contribution in [0, 0.1) is 5.82 Å². The quantitative estimate of drug-likeness (QED) is 0.220. The minimum Gasteiger partial charge on any atom is -0.451 e. The topological polar surface area (TPSA) is 107 Å². The molecule has 10 heteroatoms. The monoisotopic (exact) mass is 559 g/mol. The molecule has 0 aliphatic carbocycles. The van der Waals surface area contributed by atoms with E-state index >= 15 is 0 Å². The number of aliphatic hydroxyl groups is 2. The van der Waals surface area contributed by atoms with Crippen LogP contribution in [-0.2, 0) is 9.47 Å². The smallest absolute Gasteiger partial charge is 0.338 e. The van der Waals surface area contributed by atoms with E-state index in [0.717, 1.165) is 23.7 Å². The van der Waals surface area contributed by atoms with Crippen LogP contribution in [0.4, 0.5) is 4.39 Å². The number of ether oxygens (including phenoxy) is 2. The lowest BCUT2D eigenvalue weighted by atomic mass is 9.98. The van der Waals surface area contributed by atoms with Crippen LogP contribution in [0.15, 0.2) is 97.5 Å². The molecule has 202 valence electrons. The van der Waals surface area contributed by atoms with Gasteiger partial charge >= 0.3 is 5.97 Å². The molecule has 1 saturated heterocycles. The summed E-state index contributed by atoms with van der Waals surface area (Å²) in [5.74, 6) is -1.35. The van der Waals surface area contributed by atoms with Gasteiger partial charge in [-0.3, -0.25) is 0 Å². The van der Waals surface area contributed by atoms with Crippen molar-refractivity contribution in [1.82, 2.24) is 14.5 Å². The molecule has 5 aromatic rings. The molecule has 5 atom stereocenters. The van der Waals surface area contributed by atoms with E-state index in [2.05, 4.69) is 9.97 Å². The third kappa shape index (κ3) is 4.73. The summed E-state index contributed by atoms with van der Waals surface area (Å²) in [4.78, 5) is 21.2.